The number of hydrogen-bond acceptors (Lipinski definition) is 0. The van der Waals surface area contributed by atoms with E-state index in [9.17, 15) is 26.3 Å². The van der Waals surface area contributed by atoms with Crippen molar-refractivity contribution in [3.05, 3.63) is 71.3 Å². The molecule has 0 bridgehead atoms. The van der Waals surface area contributed by atoms with Crippen LogP contribution in [0, 0.1) is 11.6 Å². The number of benzene rings is 2. The van der Waals surface area contributed by atoms with Crippen LogP contribution in [0.4, 0.5) is 26.3 Å². The average Bonchev–Trinajstić information content (AvgIpc) is 2.56. The Hall–Kier alpha value is -1.02. The van der Waals surface area contributed by atoms with E-state index in [1.54, 1.807) is 0 Å². The van der Waals surface area contributed by atoms with E-state index in [1.165, 1.54) is 0 Å². The molecule has 8 heteroatoms. The Kier molecular flexibility index (Phi) is 9.16. The predicted molar refractivity (Wildman–Crippen MR) is 97.4 cm³/mol. The van der Waals surface area contributed by atoms with Crippen LogP contribution in [0.5, 0.6) is 0 Å². The molecule has 0 nitrogen and oxygen atoms in total. The summed E-state index contributed by atoms with van der Waals surface area (Å²) in [5.41, 5.74) is -0.290. The Balaban J connectivity index is 0.000000260. The van der Waals surface area contributed by atoms with Gasteiger partial charge < -0.3 is 0 Å². The van der Waals surface area contributed by atoms with Gasteiger partial charge >= 0.3 is 0 Å². The molecule has 0 radical (unpaired) electrons. The van der Waals surface area contributed by atoms with Crippen molar-refractivity contribution in [2.45, 2.75) is 24.7 Å². The number of alkyl halides is 6. The molecule has 2 rings (SSSR count). The van der Waals surface area contributed by atoms with Gasteiger partial charge in [0, 0.05) is 34.6 Å². The molecule has 0 aliphatic heterocycles. The van der Waals surface area contributed by atoms with Crippen molar-refractivity contribution in [1.29, 1.82) is 0 Å². The van der Waals surface area contributed by atoms with Crippen LogP contribution in [0.3, 0.4) is 0 Å². The second kappa shape index (κ2) is 10.3. The third kappa shape index (κ3) is 7.31. The first kappa shape index (κ1) is 23.0. The first-order chi connectivity index (χ1) is 12.1. The highest BCUT2D eigenvalue weighted by Crippen LogP contribution is 2.32. The van der Waals surface area contributed by atoms with Crippen molar-refractivity contribution in [3.63, 3.8) is 0 Å². The topological polar surface area (TPSA) is 0 Å². The Labute approximate surface area is 164 Å². The second-order valence-corrected chi connectivity index (χ2v) is 6.89. The van der Waals surface area contributed by atoms with E-state index in [0.717, 1.165) is 48.5 Å². The van der Waals surface area contributed by atoms with E-state index in [-0.39, 0.29) is 34.6 Å². The first-order valence-electron chi connectivity index (χ1n) is 7.52. The SMILES string of the molecule is Fc1ccc(C(F)(F)CCBr)cc1.Fc1ccc(C(F)(F)CCBr)cc1. The fourth-order valence-corrected chi connectivity index (χ4v) is 2.91. The molecule has 0 N–H and O–H groups in total. The van der Waals surface area contributed by atoms with Crippen LogP contribution in [0.25, 0.3) is 0 Å². The first-order valence-corrected chi connectivity index (χ1v) is 9.76. The largest absolute Gasteiger partial charge is 0.274 e. The van der Waals surface area contributed by atoms with Crippen molar-refractivity contribution in [2.24, 2.45) is 0 Å². The van der Waals surface area contributed by atoms with E-state index in [4.69, 9.17) is 0 Å². The molecule has 2 aromatic rings. The van der Waals surface area contributed by atoms with Gasteiger partial charge in [-0.2, -0.15) is 0 Å². The van der Waals surface area contributed by atoms with Crippen LogP contribution in [-0.2, 0) is 11.8 Å². The van der Waals surface area contributed by atoms with Crippen LogP contribution < -0.4 is 0 Å². The summed E-state index contributed by atoms with van der Waals surface area (Å²) in [6.45, 7) is 0. The minimum atomic E-state index is -2.88. The lowest BCUT2D eigenvalue weighted by atomic mass is 10.1. The quantitative estimate of drug-likeness (QED) is 0.283. The summed E-state index contributed by atoms with van der Waals surface area (Å²) in [7, 11) is 0. The highest BCUT2D eigenvalue weighted by atomic mass is 79.9. The van der Waals surface area contributed by atoms with Crippen LogP contribution in [-0.4, -0.2) is 10.7 Å². The summed E-state index contributed by atoms with van der Waals surface area (Å²) < 4.78 is 77.4. The van der Waals surface area contributed by atoms with Gasteiger partial charge in [0.1, 0.15) is 11.6 Å². The molecule has 0 aliphatic rings. The van der Waals surface area contributed by atoms with Crippen molar-refractivity contribution in [1.82, 2.24) is 0 Å². The molecule has 0 atom stereocenters. The van der Waals surface area contributed by atoms with Gasteiger partial charge in [-0.15, -0.1) is 0 Å². The van der Waals surface area contributed by atoms with Crippen LogP contribution in [0.15, 0.2) is 48.5 Å². The molecular formula is C18H16Br2F6. The summed E-state index contributed by atoms with van der Waals surface area (Å²) in [6.07, 6.45) is -0.558. The zero-order valence-corrected chi connectivity index (χ0v) is 16.6. The molecule has 0 unspecified atom stereocenters. The minimum absolute atomic E-state index is 0.145. The van der Waals surface area contributed by atoms with Gasteiger partial charge in [0.15, 0.2) is 0 Å². The van der Waals surface area contributed by atoms with Crippen molar-refractivity contribution in [3.8, 4) is 0 Å². The highest BCUT2D eigenvalue weighted by molar-refractivity contribution is 9.09. The van der Waals surface area contributed by atoms with E-state index in [1.807, 2.05) is 0 Å². The third-order valence-corrected chi connectivity index (χ3v) is 4.14. The van der Waals surface area contributed by atoms with E-state index in [0.29, 0.717) is 0 Å². The summed E-state index contributed by atoms with van der Waals surface area (Å²) in [4.78, 5) is 0. The molecule has 144 valence electrons. The molecule has 0 saturated carbocycles. The van der Waals surface area contributed by atoms with Gasteiger partial charge in [0.05, 0.1) is 0 Å². The molecule has 0 heterocycles. The molecule has 0 spiro atoms. The highest BCUT2D eigenvalue weighted by Gasteiger charge is 2.30. The van der Waals surface area contributed by atoms with Gasteiger partial charge in [-0.1, -0.05) is 56.1 Å². The van der Waals surface area contributed by atoms with Crippen LogP contribution in [0.1, 0.15) is 24.0 Å². The van der Waals surface area contributed by atoms with E-state index >= 15 is 0 Å². The summed E-state index contributed by atoms with van der Waals surface area (Å²) in [5.74, 6) is -6.76. The minimum Gasteiger partial charge on any atom is -0.207 e. The average molecular weight is 506 g/mol. The smallest absolute Gasteiger partial charge is 0.207 e. The fourth-order valence-electron chi connectivity index (χ4n) is 1.91. The number of halogens is 8. The van der Waals surface area contributed by atoms with E-state index < -0.39 is 23.5 Å². The van der Waals surface area contributed by atoms with E-state index in [2.05, 4.69) is 31.9 Å². The molecule has 0 amide bonds. The second-order valence-electron chi connectivity index (χ2n) is 5.30. The molecule has 2 aromatic carbocycles. The van der Waals surface area contributed by atoms with Crippen molar-refractivity contribution in [2.75, 3.05) is 10.7 Å². The lowest BCUT2D eigenvalue weighted by Gasteiger charge is -2.14. The number of hydrogen-bond donors (Lipinski definition) is 0. The molecule has 0 saturated heterocycles. The summed E-state index contributed by atoms with van der Waals surface area (Å²) in [6, 6.07) is 8.59. The Morgan fingerprint density at radius 3 is 1.08 bits per heavy atom. The predicted octanol–water partition coefficient (Wildman–Crippen LogP) is 7.41. The monoisotopic (exact) mass is 504 g/mol. The van der Waals surface area contributed by atoms with Gasteiger partial charge in [0.2, 0.25) is 0 Å². The molecule has 0 aromatic heterocycles. The molecule has 0 fully saturated rings. The Bertz CT molecular complexity index is 597. The van der Waals surface area contributed by atoms with Crippen LogP contribution in [0.2, 0.25) is 0 Å². The van der Waals surface area contributed by atoms with Crippen molar-refractivity contribution >= 4 is 31.9 Å². The maximum atomic E-state index is 13.1. The maximum Gasteiger partial charge on any atom is 0.274 e. The Morgan fingerprint density at radius 2 is 0.846 bits per heavy atom. The number of rotatable bonds is 6. The lowest BCUT2D eigenvalue weighted by Crippen LogP contribution is -2.13. The zero-order chi connectivity index (χ0) is 19.8. The lowest BCUT2D eigenvalue weighted by molar-refractivity contribution is -0.00733. The molecular weight excluding hydrogens is 490 g/mol. The Morgan fingerprint density at radius 1 is 0.577 bits per heavy atom. The molecule has 26 heavy (non-hydrogen) atoms. The van der Waals surface area contributed by atoms with Gasteiger partial charge in [-0.05, 0) is 24.3 Å². The fraction of sp³-hybridized carbons (Fsp3) is 0.333. The van der Waals surface area contributed by atoms with Gasteiger partial charge in [-0.25, -0.2) is 26.3 Å². The van der Waals surface area contributed by atoms with Gasteiger partial charge in [0.25, 0.3) is 11.8 Å². The normalized spacial score (nSPS) is 11.7. The van der Waals surface area contributed by atoms with Crippen molar-refractivity contribution < 1.29 is 26.3 Å². The summed E-state index contributed by atoms with van der Waals surface area (Å²) >= 11 is 5.89. The zero-order valence-electron chi connectivity index (χ0n) is 13.5. The molecule has 0 aliphatic carbocycles. The van der Waals surface area contributed by atoms with Gasteiger partial charge in [-0.3, -0.25) is 0 Å². The standard InChI is InChI=1S/2C9H8BrF3/c2*10-6-5-9(12,13)7-1-3-8(11)4-2-7/h2*1-4H,5-6H2. The van der Waals surface area contributed by atoms with Crippen LogP contribution >= 0.6 is 31.9 Å². The maximum absolute atomic E-state index is 13.1. The summed E-state index contributed by atoms with van der Waals surface area (Å²) in [5, 5.41) is 0.439. The third-order valence-electron chi connectivity index (χ3n) is 3.35.